The Balaban J connectivity index is 1.78. The Hall–Kier alpha value is -1.99. The normalized spacial score (nSPS) is 19.6. The van der Waals surface area contributed by atoms with Gasteiger partial charge in [-0.15, -0.1) is 0 Å². The van der Waals surface area contributed by atoms with E-state index in [0.717, 1.165) is 10.0 Å². The van der Waals surface area contributed by atoms with Gasteiger partial charge in [0.05, 0.1) is 17.1 Å². The molecule has 8 heteroatoms. The fraction of sp³-hybridized carbons (Fsp3) is 0.188. The highest BCUT2D eigenvalue weighted by atomic mass is 79.9. The van der Waals surface area contributed by atoms with Gasteiger partial charge in [0.2, 0.25) is 5.95 Å². The predicted octanol–water partition coefficient (Wildman–Crippen LogP) is 4.37. The molecule has 122 valence electrons. The number of anilines is 1. The molecule has 2 atom stereocenters. The van der Waals surface area contributed by atoms with E-state index >= 15 is 0 Å². The largest absolute Gasteiger partial charge is 0.346 e. The fourth-order valence-corrected chi connectivity index (χ4v) is 3.61. The molecular weight excluding hydrogens is 397 g/mol. The molecule has 0 amide bonds. The number of nitrogens with one attached hydrogen (secondary N) is 1. The second-order valence-corrected chi connectivity index (χ2v) is 6.92. The van der Waals surface area contributed by atoms with Crippen LogP contribution in [0.25, 0.3) is 0 Å². The molecule has 0 saturated carbocycles. The van der Waals surface area contributed by atoms with Gasteiger partial charge in [0.1, 0.15) is 5.82 Å². The van der Waals surface area contributed by atoms with Crippen molar-refractivity contribution >= 4 is 33.5 Å². The van der Waals surface area contributed by atoms with Gasteiger partial charge < -0.3 is 5.32 Å². The minimum Gasteiger partial charge on any atom is -0.346 e. The lowest BCUT2D eigenvalue weighted by molar-refractivity contribution is 0.409. The average Bonchev–Trinajstić information content (AvgIpc) is 3.05. The second-order valence-electron chi connectivity index (χ2n) is 5.59. The van der Waals surface area contributed by atoms with Crippen LogP contribution in [0.4, 0.5) is 10.3 Å². The first-order valence-corrected chi connectivity index (χ1v) is 8.54. The second kappa shape index (κ2) is 6.14. The first kappa shape index (κ1) is 15.5. The molecule has 0 aliphatic carbocycles. The van der Waals surface area contributed by atoms with Crippen LogP contribution < -0.4 is 5.32 Å². The van der Waals surface area contributed by atoms with E-state index in [0.29, 0.717) is 17.9 Å². The Labute approximate surface area is 151 Å². The molecule has 2 aromatic carbocycles. The maximum Gasteiger partial charge on any atom is 0.243 e. The summed E-state index contributed by atoms with van der Waals surface area (Å²) in [7, 11) is 0. The monoisotopic (exact) mass is 407 g/mol. The zero-order valence-corrected chi connectivity index (χ0v) is 14.7. The maximum atomic E-state index is 14.5. The topological polar surface area (TPSA) is 55.6 Å². The Morgan fingerprint density at radius 2 is 2.08 bits per heavy atom. The van der Waals surface area contributed by atoms with E-state index in [1.54, 1.807) is 16.8 Å². The number of halogens is 3. The molecule has 2 unspecified atom stereocenters. The van der Waals surface area contributed by atoms with Gasteiger partial charge in [-0.05, 0) is 40.6 Å². The fourth-order valence-electron chi connectivity index (χ4n) is 3.02. The molecule has 3 aromatic rings. The van der Waals surface area contributed by atoms with Gasteiger partial charge in [-0.25, -0.2) is 9.07 Å². The summed E-state index contributed by atoms with van der Waals surface area (Å²) in [5.41, 5.74) is 1.56. The van der Waals surface area contributed by atoms with Crippen LogP contribution in [-0.2, 0) is 0 Å². The smallest absolute Gasteiger partial charge is 0.243 e. The van der Waals surface area contributed by atoms with Crippen LogP contribution in [0.2, 0.25) is 5.02 Å². The first-order chi connectivity index (χ1) is 11.6. The zero-order chi connectivity index (χ0) is 16.7. The Kier molecular flexibility index (Phi) is 3.97. The molecule has 5 nitrogen and oxygen atoms in total. The van der Waals surface area contributed by atoms with E-state index < -0.39 is 5.82 Å². The van der Waals surface area contributed by atoms with Crippen molar-refractivity contribution in [1.29, 1.82) is 0 Å². The lowest BCUT2D eigenvalue weighted by atomic mass is 9.93. The number of nitrogens with zero attached hydrogens (tertiary/aromatic N) is 4. The number of fused-ring (bicyclic) bond motifs is 1. The summed E-state index contributed by atoms with van der Waals surface area (Å²) >= 11 is 9.43. The minimum absolute atomic E-state index is 0.0376. The van der Waals surface area contributed by atoms with Gasteiger partial charge >= 0.3 is 0 Å². The molecule has 1 aliphatic heterocycles. The number of hydrogen-bond acceptors (Lipinski definition) is 4. The van der Waals surface area contributed by atoms with Crippen molar-refractivity contribution < 1.29 is 4.39 Å². The quantitative estimate of drug-likeness (QED) is 0.684. The highest BCUT2D eigenvalue weighted by Crippen LogP contribution is 2.39. The van der Waals surface area contributed by atoms with E-state index in [-0.39, 0.29) is 17.1 Å². The number of benzene rings is 2. The molecule has 1 N–H and O–H groups in total. The number of tetrazole rings is 1. The molecule has 2 heterocycles. The minimum atomic E-state index is -0.430. The van der Waals surface area contributed by atoms with Gasteiger partial charge in [0, 0.05) is 10.0 Å². The molecule has 1 aliphatic rings. The maximum absolute atomic E-state index is 14.5. The van der Waals surface area contributed by atoms with Crippen LogP contribution >= 0.6 is 27.5 Å². The number of rotatable bonds is 2. The van der Waals surface area contributed by atoms with E-state index in [1.807, 2.05) is 24.3 Å². The van der Waals surface area contributed by atoms with Crippen LogP contribution in [0.15, 0.2) is 46.9 Å². The number of aromatic nitrogens is 4. The summed E-state index contributed by atoms with van der Waals surface area (Å²) in [6, 6.07) is 12.6. The first-order valence-electron chi connectivity index (χ1n) is 7.37. The standard InChI is InChI=1S/C16H12BrClFN5/c17-10-4-1-3-9(7-10)13-8-14(24-16(20-13)21-22-23-24)11-5-2-6-12(18)15(11)19/h1-7,13-14H,8H2,(H,20,21,23). The van der Waals surface area contributed by atoms with Crippen molar-refractivity contribution in [1.82, 2.24) is 20.2 Å². The summed E-state index contributed by atoms with van der Waals surface area (Å²) in [5.74, 6) is 0.0797. The summed E-state index contributed by atoms with van der Waals surface area (Å²) in [6.45, 7) is 0. The molecule has 1 aromatic heterocycles. The van der Waals surface area contributed by atoms with Crippen LogP contribution in [0, 0.1) is 5.82 Å². The van der Waals surface area contributed by atoms with E-state index in [4.69, 9.17) is 11.6 Å². The highest BCUT2D eigenvalue weighted by molar-refractivity contribution is 9.10. The predicted molar refractivity (Wildman–Crippen MR) is 92.5 cm³/mol. The van der Waals surface area contributed by atoms with Crippen molar-refractivity contribution in [3.63, 3.8) is 0 Å². The third-order valence-electron chi connectivity index (χ3n) is 4.14. The Morgan fingerprint density at radius 3 is 2.92 bits per heavy atom. The summed E-state index contributed by atoms with van der Waals surface area (Å²) in [4.78, 5) is 0. The van der Waals surface area contributed by atoms with Gasteiger partial charge in [-0.2, -0.15) is 0 Å². The summed E-state index contributed by atoms with van der Waals surface area (Å²) < 4.78 is 17.1. The Morgan fingerprint density at radius 1 is 1.25 bits per heavy atom. The summed E-state index contributed by atoms with van der Waals surface area (Å²) in [6.07, 6.45) is 0.603. The molecule has 0 bridgehead atoms. The van der Waals surface area contributed by atoms with Crippen molar-refractivity contribution in [2.45, 2.75) is 18.5 Å². The molecule has 0 fully saturated rings. The lowest BCUT2D eigenvalue weighted by Crippen LogP contribution is -2.28. The van der Waals surface area contributed by atoms with Gasteiger partial charge in [0.25, 0.3) is 0 Å². The van der Waals surface area contributed by atoms with Crippen LogP contribution in [0.5, 0.6) is 0 Å². The van der Waals surface area contributed by atoms with Gasteiger partial charge in [-0.1, -0.05) is 56.9 Å². The molecular formula is C16H12BrClFN5. The lowest BCUT2D eigenvalue weighted by Gasteiger charge is -2.31. The van der Waals surface area contributed by atoms with Crippen molar-refractivity contribution in [2.24, 2.45) is 0 Å². The Bertz CT molecular complexity index is 900. The SMILES string of the molecule is Fc1c(Cl)cccc1C1CC(c2cccc(Br)c2)Nc2nnnn21. The molecule has 24 heavy (non-hydrogen) atoms. The van der Waals surface area contributed by atoms with Crippen molar-refractivity contribution in [3.8, 4) is 0 Å². The van der Waals surface area contributed by atoms with Crippen LogP contribution in [0.1, 0.15) is 29.6 Å². The van der Waals surface area contributed by atoms with Crippen molar-refractivity contribution in [3.05, 3.63) is 68.9 Å². The van der Waals surface area contributed by atoms with Crippen LogP contribution in [-0.4, -0.2) is 20.2 Å². The molecule has 4 rings (SSSR count). The average molecular weight is 409 g/mol. The van der Waals surface area contributed by atoms with E-state index in [2.05, 4.69) is 36.8 Å². The van der Waals surface area contributed by atoms with Gasteiger partial charge in [-0.3, -0.25) is 0 Å². The number of hydrogen-bond donors (Lipinski definition) is 1. The van der Waals surface area contributed by atoms with Gasteiger partial charge in [0.15, 0.2) is 0 Å². The van der Waals surface area contributed by atoms with E-state index in [9.17, 15) is 4.39 Å². The van der Waals surface area contributed by atoms with Crippen LogP contribution in [0.3, 0.4) is 0 Å². The molecule has 0 radical (unpaired) electrons. The third kappa shape index (κ3) is 2.67. The van der Waals surface area contributed by atoms with Crippen molar-refractivity contribution in [2.75, 3.05) is 5.32 Å². The molecule has 0 saturated heterocycles. The van der Waals surface area contributed by atoms with E-state index in [1.165, 1.54) is 6.07 Å². The third-order valence-corrected chi connectivity index (χ3v) is 4.93. The highest BCUT2D eigenvalue weighted by Gasteiger charge is 2.32. The zero-order valence-electron chi connectivity index (χ0n) is 12.3. The molecule has 0 spiro atoms. The summed E-state index contributed by atoms with van der Waals surface area (Å²) in [5, 5.41) is 15.1.